The molecule has 0 bridgehead atoms. The van der Waals surface area contributed by atoms with Gasteiger partial charge >= 0.3 is 6.09 Å². The van der Waals surface area contributed by atoms with Crippen molar-refractivity contribution in [3.05, 3.63) is 47.7 Å². The number of hydrogen-bond donors (Lipinski definition) is 1. The van der Waals surface area contributed by atoms with Gasteiger partial charge in [0.25, 0.3) is 0 Å². The highest BCUT2D eigenvalue weighted by atomic mass is 16.6. The SMILES string of the molecule is C/C=C(\C)OC(=O)N[C@@H](Cc1ccccc1)[C@H]1CO1. The Morgan fingerprint density at radius 3 is 2.79 bits per heavy atom. The standard InChI is InChI=1S/C15H19NO3/c1-3-11(2)19-15(17)16-13(14-10-18-14)9-12-7-5-4-6-8-12/h3-8,13-14H,9-10H2,1-2H3,(H,16,17)/b11-3+/t13-,14+/m0/s1. The van der Waals surface area contributed by atoms with Gasteiger partial charge in [-0.2, -0.15) is 0 Å². The van der Waals surface area contributed by atoms with E-state index in [0.717, 1.165) is 6.42 Å². The van der Waals surface area contributed by atoms with Crippen molar-refractivity contribution in [2.24, 2.45) is 0 Å². The summed E-state index contributed by atoms with van der Waals surface area (Å²) in [5.41, 5.74) is 1.17. The highest BCUT2D eigenvalue weighted by molar-refractivity contribution is 5.69. The lowest BCUT2D eigenvalue weighted by Gasteiger charge is -2.16. The number of alkyl carbamates (subject to hydrolysis) is 1. The molecule has 0 spiro atoms. The lowest BCUT2D eigenvalue weighted by molar-refractivity contribution is 0.168. The van der Waals surface area contributed by atoms with Crippen molar-refractivity contribution in [2.75, 3.05) is 6.61 Å². The quantitative estimate of drug-likeness (QED) is 0.655. The van der Waals surface area contributed by atoms with Crippen molar-refractivity contribution < 1.29 is 14.3 Å². The van der Waals surface area contributed by atoms with E-state index in [2.05, 4.69) is 5.32 Å². The maximum Gasteiger partial charge on any atom is 0.412 e. The van der Waals surface area contributed by atoms with Gasteiger partial charge in [0, 0.05) is 0 Å². The molecule has 1 aliphatic rings. The minimum absolute atomic E-state index is 0.0421. The molecule has 102 valence electrons. The van der Waals surface area contributed by atoms with Crippen LogP contribution in [0.4, 0.5) is 4.79 Å². The predicted molar refractivity (Wildman–Crippen MR) is 72.7 cm³/mol. The molecule has 1 fully saturated rings. The molecule has 19 heavy (non-hydrogen) atoms. The van der Waals surface area contributed by atoms with Crippen LogP contribution < -0.4 is 5.32 Å². The zero-order chi connectivity index (χ0) is 13.7. The summed E-state index contributed by atoms with van der Waals surface area (Å²) in [7, 11) is 0. The van der Waals surface area contributed by atoms with E-state index in [9.17, 15) is 4.79 Å². The highest BCUT2D eigenvalue weighted by Crippen LogP contribution is 2.18. The fourth-order valence-electron chi connectivity index (χ4n) is 1.82. The summed E-state index contributed by atoms with van der Waals surface area (Å²) in [5, 5.41) is 2.87. The summed E-state index contributed by atoms with van der Waals surface area (Å²) in [4.78, 5) is 11.7. The second kappa shape index (κ2) is 6.38. The van der Waals surface area contributed by atoms with Crippen LogP contribution in [0.2, 0.25) is 0 Å². The van der Waals surface area contributed by atoms with Crippen LogP contribution >= 0.6 is 0 Å². The fourth-order valence-corrected chi connectivity index (χ4v) is 1.82. The predicted octanol–water partition coefficient (Wildman–Crippen LogP) is 2.65. The number of amides is 1. The summed E-state index contributed by atoms with van der Waals surface area (Å²) in [6.07, 6.45) is 2.17. The highest BCUT2D eigenvalue weighted by Gasteiger charge is 2.34. The van der Waals surface area contributed by atoms with Crippen LogP contribution in [0.15, 0.2) is 42.2 Å². The monoisotopic (exact) mass is 261 g/mol. The second-order valence-electron chi connectivity index (χ2n) is 4.60. The van der Waals surface area contributed by atoms with E-state index >= 15 is 0 Å². The molecule has 0 radical (unpaired) electrons. The van der Waals surface area contributed by atoms with E-state index in [4.69, 9.17) is 9.47 Å². The van der Waals surface area contributed by atoms with Crippen LogP contribution in [0.5, 0.6) is 0 Å². The summed E-state index contributed by atoms with van der Waals surface area (Å²) in [6, 6.07) is 9.99. The average molecular weight is 261 g/mol. The van der Waals surface area contributed by atoms with Gasteiger partial charge in [-0.1, -0.05) is 30.3 Å². The number of epoxide rings is 1. The minimum atomic E-state index is -0.424. The first kappa shape index (κ1) is 13.6. The van der Waals surface area contributed by atoms with E-state index in [1.165, 1.54) is 5.56 Å². The summed E-state index contributed by atoms with van der Waals surface area (Å²) in [5.74, 6) is 0.590. The fraction of sp³-hybridized carbons (Fsp3) is 0.400. The van der Waals surface area contributed by atoms with Crippen LogP contribution in [0.3, 0.4) is 0 Å². The van der Waals surface area contributed by atoms with Crippen molar-refractivity contribution >= 4 is 6.09 Å². The third kappa shape index (κ3) is 4.41. The van der Waals surface area contributed by atoms with Gasteiger partial charge in [-0.25, -0.2) is 4.79 Å². The van der Waals surface area contributed by atoms with Crippen LogP contribution in [-0.2, 0) is 15.9 Å². The number of allylic oxidation sites excluding steroid dienone is 2. The molecular weight excluding hydrogens is 242 g/mol. The second-order valence-corrected chi connectivity index (χ2v) is 4.60. The Labute approximate surface area is 113 Å². The number of benzene rings is 1. The number of nitrogens with one attached hydrogen (secondary N) is 1. The van der Waals surface area contributed by atoms with Gasteiger partial charge in [0.1, 0.15) is 11.9 Å². The third-order valence-corrected chi connectivity index (χ3v) is 3.07. The van der Waals surface area contributed by atoms with Gasteiger partial charge in [-0.3, -0.25) is 0 Å². The first-order chi connectivity index (χ1) is 9.19. The van der Waals surface area contributed by atoms with Crippen molar-refractivity contribution in [3.63, 3.8) is 0 Å². The molecule has 1 saturated heterocycles. The first-order valence-electron chi connectivity index (χ1n) is 6.46. The van der Waals surface area contributed by atoms with Crippen molar-refractivity contribution in [3.8, 4) is 0 Å². The van der Waals surface area contributed by atoms with Gasteiger partial charge in [0.15, 0.2) is 0 Å². The summed E-state index contributed by atoms with van der Waals surface area (Å²) < 4.78 is 10.4. The van der Waals surface area contributed by atoms with E-state index in [-0.39, 0.29) is 12.1 Å². The van der Waals surface area contributed by atoms with Gasteiger partial charge in [0.2, 0.25) is 0 Å². The summed E-state index contributed by atoms with van der Waals surface area (Å²) >= 11 is 0. The smallest absolute Gasteiger partial charge is 0.412 e. The first-order valence-corrected chi connectivity index (χ1v) is 6.46. The zero-order valence-electron chi connectivity index (χ0n) is 11.3. The molecule has 0 aromatic heterocycles. The third-order valence-electron chi connectivity index (χ3n) is 3.07. The Morgan fingerprint density at radius 2 is 2.21 bits per heavy atom. The Hall–Kier alpha value is -1.81. The number of rotatable bonds is 5. The molecule has 0 saturated carbocycles. The molecule has 4 nitrogen and oxygen atoms in total. The largest absolute Gasteiger partial charge is 0.416 e. The normalized spacial score (nSPS) is 19.7. The number of ether oxygens (including phenoxy) is 2. The van der Waals surface area contributed by atoms with E-state index in [1.807, 2.05) is 37.3 Å². The zero-order valence-corrected chi connectivity index (χ0v) is 11.3. The molecule has 0 aliphatic carbocycles. The van der Waals surface area contributed by atoms with Gasteiger partial charge in [0.05, 0.1) is 12.6 Å². The maximum absolute atomic E-state index is 11.7. The van der Waals surface area contributed by atoms with E-state index < -0.39 is 6.09 Å². The summed E-state index contributed by atoms with van der Waals surface area (Å²) in [6.45, 7) is 4.27. The van der Waals surface area contributed by atoms with Gasteiger partial charge < -0.3 is 14.8 Å². The van der Waals surface area contributed by atoms with Gasteiger partial charge in [-0.05, 0) is 31.9 Å². The molecule has 2 rings (SSSR count). The number of hydrogen-bond acceptors (Lipinski definition) is 3. The molecule has 1 amide bonds. The molecule has 0 unspecified atom stereocenters. The van der Waals surface area contributed by atoms with Crippen molar-refractivity contribution in [1.29, 1.82) is 0 Å². The molecule has 1 aliphatic heterocycles. The molecule has 1 aromatic carbocycles. The lowest BCUT2D eigenvalue weighted by atomic mass is 10.0. The van der Waals surface area contributed by atoms with Crippen LogP contribution in [0.1, 0.15) is 19.4 Å². The topological polar surface area (TPSA) is 50.9 Å². The van der Waals surface area contributed by atoms with Crippen molar-refractivity contribution in [2.45, 2.75) is 32.4 Å². The Morgan fingerprint density at radius 1 is 1.53 bits per heavy atom. The molecule has 1 aromatic rings. The Kier molecular flexibility index (Phi) is 4.58. The van der Waals surface area contributed by atoms with E-state index in [1.54, 1.807) is 13.0 Å². The van der Waals surface area contributed by atoms with E-state index in [0.29, 0.717) is 12.4 Å². The number of carbonyl (C=O) groups is 1. The Bertz CT molecular complexity index is 452. The maximum atomic E-state index is 11.7. The molecule has 1 heterocycles. The average Bonchev–Trinajstić information content (AvgIpc) is 3.23. The van der Waals surface area contributed by atoms with Gasteiger partial charge in [-0.15, -0.1) is 0 Å². The molecular formula is C15H19NO3. The Balaban J connectivity index is 1.92. The minimum Gasteiger partial charge on any atom is -0.416 e. The van der Waals surface area contributed by atoms with Crippen LogP contribution in [0.25, 0.3) is 0 Å². The van der Waals surface area contributed by atoms with Crippen LogP contribution in [-0.4, -0.2) is 24.8 Å². The molecule has 2 atom stereocenters. The number of carbonyl (C=O) groups excluding carboxylic acids is 1. The molecule has 1 N–H and O–H groups in total. The van der Waals surface area contributed by atoms with Crippen molar-refractivity contribution in [1.82, 2.24) is 5.32 Å². The van der Waals surface area contributed by atoms with Crippen LogP contribution in [0, 0.1) is 0 Å². The lowest BCUT2D eigenvalue weighted by Crippen LogP contribution is -2.40. The molecule has 4 heteroatoms.